The first-order valence-electron chi connectivity index (χ1n) is 12.4. The minimum atomic E-state index is -0.0529. The third kappa shape index (κ3) is 4.12. The number of rotatable bonds is 5. The lowest BCUT2D eigenvalue weighted by Crippen LogP contribution is -2.28. The summed E-state index contributed by atoms with van der Waals surface area (Å²) in [7, 11) is 0. The van der Waals surface area contributed by atoms with Gasteiger partial charge in [-0.25, -0.2) is 0 Å². The fraction of sp³-hybridized carbons (Fsp3) is 0.250. The molecule has 36 heavy (non-hydrogen) atoms. The van der Waals surface area contributed by atoms with Crippen LogP contribution >= 0.6 is 0 Å². The van der Waals surface area contributed by atoms with Crippen molar-refractivity contribution >= 4 is 34.3 Å². The molecule has 4 aromatic heterocycles. The number of nitrogens with one attached hydrogen (secondary N) is 3. The molecule has 1 aliphatic heterocycles. The van der Waals surface area contributed by atoms with Crippen LogP contribution in [0.25, 0.3) is 45.3 Å². The number of carbonyl (C=O) groups is 1. The van der Waals surface area contributed by atoms with E-state index in [4.69, 9.17) is 0 Å². The zero-order chi connectivity index (χ0) is 24.5. The lowest BCUT2D eigenvalue weighted by molar-refractivity contribution is -0.115. The zero-order valence-electron chi connectivity index (χ0n) is 20.1. The maximum atomic E-state index is 11.8. The van der Waals surface area contributed by atoms with Gasteiger partial charge in [0.15, 0.2) is 0 Å². The van der Waals surface area contributed by atoms with E-state index in [1.165, 1.54) is 30.5 Å². The molecule has 180 valence electrons. The molecule has 1 aliphatic carbocycles. The quantitative estimate of drug-likeness (QED) is 0.335. The average Bonchev–Trinajstić information content (AvgIpc) is 3.48. The number of anilines is 1. The lowest BCUT2D eigenvalue weighted by Gasteiger charge is -2.30. The van der Waals surface area contributed by atoms with Crippen LogP contribution in [0.15, 0.2) is 54.7 Å². The first kappa shape index (κ1) is 22.1. The van der Waals surface area contributed by atoms with Crippen LogP contribution in [-0.2, 0) is 4.79 Å². The van der Waals surface area contributed by atoms with Gasteiger partial charge < -0.3 is 15.2 Å². The number of pyridine rings is 2. The number of allylic oxidation sites excluding steroid dienone is 2. The van der Waals surface area contributed by atoms with Gasteiger partial charge >= 0.3 is 0 Å². The molecule has 4 aromatic rings. The second-order valence-corrected chi connectivity index (χ2v) is 9.14. The van der Waals surface area contributed by atoms with E-state index in [-0.39, 0.29) is 5.91 Å². The highest BCUT2D eigenvalue weighted by Gasteiger charge is 2.21. The van der Waals surface area contributed by atoms with Gasteiger partial charge in [0.25, 0.3) is 0 Å². The molecular formula is C28H27N7O. The fourth-order valence-electron chi connectivity index (χ4n) is 4.86. The summed E-state index contributed by atoms with van der Waals surface area (Å²) in [6.45, 7) is 3.97. The van der Waals surface area contributed by atoms with Gasteiger partial charge in [-0.05, 0) is 49.6 Å². The number of piperidine rings is 1. The monoisotopic (exact) mass is 477 g/mol. The van der Waals surface area contributed by atoms with Crippen molar-refractivity contribution in [1.82, 2.24) is 30.0 Å². The largest absolute Gasteiger partial charge is 0.371 e. The standard InChI is InChI=1S/C28H27N7O/c1-2-27(36)31-19-12-18(15-29-16-19)23-14-21-25(17-30-23)33-34-28(21)24-13-20-22(32-24)8-4-5-9-26(20)35-10-6-3-7-11-35/h5,8-9,12-17,32H,2-3,6-7,10-11H2,1H3,(H,31,36)(H,33,34). The summed E-state index contributed by atoms with van der Waals surface area (Å²) in [6.07, 6.45) is 15.5. The van der Waals surface area contributed by atoms with Gasteiger partial charge in [-0.2, -0.15) is 5.10 Å². The smallest absolute Gasteiger partial charge is 0.224 e. The number of likely N-dealkylation sites (tertiary alicyclic amines) is 1. The van der Waals surface area contributed by atoms with Crippen LogP contribution in [0.3, 0.4) is 0 Å². The Balaban J connectivity index is 1.38. The summed E-state index contributed by atoms with van der Waals surface area (Å²) in [5.41, 5.74) is 11.5. The zero-order valence-corrected chi connectivity index (χ0v) is 20.1. The molecule has 2 aliphatic rings. The third-order valence-corrected chi connectivity index (χ3v) is 6.73. The maximum absolute atomic E-state index is 11.8. The average molecular weight is 478 g/mol. The van der Waals surface area contributed by atoms with E-state index in [0.717, 1.165) is 52.3 Å². The van der Waals surface area contributed by atoms with Crippen molar-refractivity contribution in [1.29, 1.82) is 0 Å². The number of aromatic amines is 2. The van der Waals surface area contributed by atoms with E-state index in [2.05, 4.69) is 53.2 Å². The van der Waals surface area contributed by atoms with Crippen molar-refractivity contribution in [2.24, 2.45) is 0 Å². The van der Waals surface area contributed by atoms with Gasteiger partial charge in [-0.1, -0.05) is 6.92 Å². The molecule has 0 bridgehead atoms. The van der Waals surface area contributed by atoms with Crippen LogP contribution in [0.1, 0.15) is 43.9 Å². The Bertz CT molecular complexity index is 1550. The molecule has 1 amide bonds. The highest BCUT2D eigenvalue weighted by Crippen LogP contribution is 2.35. The molecule has 0 aromatic carbocycles. The topological polar surface area (TPSA) is 103 Å². The van der Waals surface area contributed by atoms with Crippen LogP contribution in [0.2, 0.25) is 0 Å². The van der Waals surface area contributed by atoms with Gasteiger partial charge in [-0.15, -0.1) is 5.73 Å². The number of H-pyrrole nitrogens is 2. The highest BCUT2D eigenvalue weighted by atomic mass is 16.1. The maximum Gasteiger partial charge on any atom is 0.224 e. The van der Waals surface area contributed by atoms with E-state index in [1.54, 1.807) is 18.6 Å². The predicted molar refractivity (Wildman–Crippen MR) is 142 cm³/mol. The molecule has 6 rings (SSSR count). The Morgan fingerprint density at radius 1 is 1.14 bits per heavy atom. The van der Waals surface area contributed by atoms with E-state index >= 15 is 0 Å². The minimum Gasteiger partial charge on any atom is -0.371 e. The van der Waals surface area contributed by atoms with Crippen LogP contribution < -0.4 is 5.32 Å². The normalized spacial score (nSPS) is 15.0. The molecule has 8 heteroatoms. The molecule has 0 saturated carbocycles. The van der Waals surface area contributed by atoms with Crippen molar-refractivity contribution in [3.63, 3.8) is 0 Å². The third-order valence-electron chi connectivity index (χ3n) is 6.73. The van der Waals surface area contributed by atoms with E-state index in [0.29, 0.717) is 12.1 Å². The first-order chi connectivity index (χ1) is 17.7. The van der Waals surface area contributed by atoms with E-state index in [9.17, 15) is 4.79 Å². The molecule has 0 unspecified atom stereocenters. The Morgan fingerprint density at radius 3 is 2.89 bits per heavy atom. The number of hydrogen-bond acceptors (Lipinski definition) is 5. The number of amides is 1. The van der Waals surface area contributed by atoms with Crippen LogP contribution in [0.4, 0.5) is 5.69 Å². The molecule has 0 spiro atoms. The number of nitrogens with zero attached hydrogens (tertiary/aromatic N) is 4. The molecule has 0 atom stereocenters. The van der Waals surface area contributed by atoms with Crippen molar-refractivity contribution in [3.05, 3.63) is 65.9 Å². The number of hydrogen-bond donors (Lipinski definition) is 3. The van der Waals surface area contributed by atoms with Crippen LogP contribution in [0, 0.1) is 0 Å². The van der Waals surface area contributed by atoms with Crippen molar-refractivity contribution in [2.75, 3.05) is 18.4 Å². The molecule has 1 fully saturated rings. The molecule has 1 saturated heterocycles. The number of fused-ring (bicyclic) bond motifs is 2. The summed E-state index contributed by atoms with van der Waals surface area (Å²) in [4.78, 5) is 26.7. The molecular weight excluding hydrogens is 450 g/mol. The summed E-state index contributed by atoms with van der Waals surface area (Å²) in [5, 5.41) is 11.6. The molecule has 8 nitrogen and oxygen atoms in total. The predicted octanol–water partition coefficient (Wildman–Crippen LogP) is 5.37. The Morgan fingerprint density at radius 2 is 2.03 bits per heavy atom. The number of aromatic nitrogens is 5. The second kappa shape index (κ2) is 9.32. The minimum absolute atomic E-state index is 0.0529. The van der Waals surface area contributed by atoms with E-state index < -0.39 is 0 Å². The summed E-state index contributed by atoms with van der Waals surface area (Å²) in [6, 6.07) is 6.09. The highest BCUT2D eigenvalue weighted by molar-refractivity contribution is 5.95. The number of carbonyl (C=O) groups excluding carboxylic acids is 1. The van der Waals surface area contributed by atoms with Gasteiger partial charge in [0.05, 0.1) is 40.7 Å². The van der Waals surface area contributed by atoms with Crippen LogP contribution in [-0.4, -0.2) is 49.0 Å². The van der Waals surface area contributed by atoms with Gasteiger partial charge in [-0.3, -0.25) is 19.9 Å². The Hall–Kier alpha value is -4.42. The molecule has 3 N–H and O–H groups in total. The Kier molecular flexibility index (Phi) is 5.71. The molecule has 5 heterocycles. The van der Waals surface area contributed by atoms with Crippen LogP contribution in [0.5, 0.6) is 0 Å². The van der Waals surface area contributed by atoms with Gasteiger partial charge in [0.2, 0.25) is 5.91 Å². The SMILES string of the molecule is CCC(=O)Nc1cncc(-c2cc3c(-c4cc5c([nH]4)C=C=CC=C5N4CCCCC4)n[nH]c3cn2)c1. The van der Waals surface area contributed by atoms with Crippen molar-refractivity contribution < 1.29 is 4.79 Å². The summed E-state index contributed by atoms with van der Waals surface area (Å²) < 4.78 is 0. The Labute approximate surface area is 208 Å². The van der Waals surface area contributed by atoms with Crippen molar-refractivity contribution in [2.45, 2.75) is 32.6 Å². The summed E-state index contributed by atoms with van der Waals surface area (Å²) in [5.74, 6) is -0.0529. The summed E-state index contributed by atoms with van der Waals surface area (Å²) >= 11 is 0. The van der Waals surface area contributed by atoms with E-state index in [1.807, 2.05) is 31.2 Å². The second-order valence-electron chi connectivity index (χ2n) is 9.14. The van der Waals surface area contributed by atoms with Gasteiger partial charge in [0, 0.05) is 54.0 Å². The lowest BCUT2D eigenvalue weighted by atomic mass is 10.1. The van der Waals surface area contributed by atoms with Gasteiger partial charge in [0.1, 0.15) is 5.69 Å². The van der Waals surface area contributed by atoms with Crippen molar-refractivity contribution in [3.8, 4) is 22.6 Å². The fourth-order valence-corrected chi connectivity index (χ4v) is 4.86. The first-order valence-corrected chi connectivity index (χ1v) is 12.4. The molecule has 0 radical (unpaired) electrons.